The second kappa shape index (κ2) is 3.46. The van der Waals surface area contributed by atoms with Gasteiger partial charge in [-0.25, -0.2) is 0 Å². The van der Waals surface area contributed by atoms with Gasteiger partial charge >= 0.3 is 0 Å². The number of allylic oxidation sites excluding steroid dienone is 4. The average molecular weight is 152 g/mol. The van der Waals surface area contributed by atoms with Gasteiger partial charge in [0.05, 0.1) is 0 Å². The highest BCUT2D eigenvalue weighted by Gasteiger charge is 2.07. The van der Waals surface area contributed by atoms with Crippen molar-refractivity contribution in [1.82, 2.24) is 0 Å². The molecule has 0 aliphatic heterocycles. The summed E-state index contributed by atoms with van der Waals surface area (Å²) in [4.78, 5) is 0. The predicted molar refractivity (Wildman–Crippen MR) is 47.6 cm³/mol. The van der Waals surface area contributed by atoms with Crippen LogP contribution in [0.5, 0.6) is 0 Å². The highest BCUT2D eigenvalue weighted by atomic mass is 14.6. The van der Waals surface area contributed by atoms with Crippen molar-refractivity contribution in [3.05, 3.63) is 23.0 Å². The molecule has 0 aromatic rings. The zero-order chi connectivity index (χ0) is 8.27. The standard InChI is InChI=1S/C9H16N2/c1-2-3-7-6-8(10)4-5-9(7)11/h6H,2-5,10-11H2,1H3. The summed E-state index contributed by atoms with van der Waals surface area (Å²) in [5.74, 6) is 0. The minimum atomic E-state index is 0.930. The Labute approximate surface area is 68.0 Å². The fourth-order valence-corrected chi connectivity index (χ4v) is 1.33. The van der Waals surface area contributed by atoms with Crippen molar-refractivity contribution in [2.45, 2.75) is 32.6 Å². The number of hydrogen-bond donors (Lipinski definition) is 2. The molecular formula is C9H16N2. The molecule has 11 heavy (non-hydrogen) atoms. The molecule has 0 amide bonds. The van der Waals surface area contributed by atoms with Crippen molar-refractivity contribution in [3.8, 4) is 0 Å². The molecule has 0 saturated heterocycles. The SMILES string of the molecule is CCCC1=C(N)CCC(N)=C1. The second-order valence-electron chi connectivity index (χ2n) is 3.02. The quantitative estimate of drug-likeness (QED) is 0.632. The van der Waals surface area contributed by atoms with Crippen molar-refractivity contribution in [1.29, 1.82) is 0 Å². The first-order valence-corrected chi connectivity index (χ1v) is 4.17. The Balaban J connectivity index is 2.71. The maximum absolute atomic E-state index is 5.81. The largest absolute Gasteiger partial charge is 0.402 e. The summed E-state index contributed by atoms with van der Waals surface area (Å²) in [6.45, 7) is 2.15. The fraction of sp³-hybridized carbons (Fsp3) is 0.556. The fourth-order valence-electron chi connectivity index (χ4n) is 1.33. The van der Waals surface area contributed by atoms with Crippen molar-refractivity contribution >= 4 is 0 Å². The Hall–Kier alpha value is -0.920. The minimum Gasteiger partial charge on any atom is -0.402 e. The molecule has 1 aliphatic carbocycles. The summed E-state index contributed by atoms with van der Waals surface area (Å²) in [5, 5.41) is 0. The summed E-state index contributed by atoms with van der Waals surface area (Å²) >= 11 is 0. The van der Waals surface area contributed by atoms with E-state index in [0.717, 1.165) is 37.1 Å². The Kier molecular flexibility index (Phi) is 2.58. The topological polar surface area (TPSA) is 52.0 Å². The maximum atomic E-state index is 5.81. The zero-order valence-electron chi connectivity index (χ0n) is 7.06. The predicted octanol–water partition coefficient (Wildman–Crippen LogP) is 1.64. The lowest BCUT2D eigenvalue weighted by molar-refractivity contribution is 0.816. The molecule has 2 heteroatoms. The lowest BCUT2D eigenvalue weighted by Crippen LogP contribution is -2.10. The van der Waals surface area contributed by atoms with Crippen molar-refractivity contribution in [2.24, 2.45) is 11.5 Å². The summed E-state index contributed by atoms with van der Waals surface area (Å²) in [6.07, 6.45) is 6.10. The first-order valence-electron chi connectivity index (χ1n) is 4.17. The Morgan fingerprint density at radius 1 is 1.36 bits per heavy atom. The molecule has 0 atom stereocenters. The Morgan fingerprint density at radius 2 is 2.09 bits per heavy atom. The van der Waals surface area contributed by atoms with Gasteiger partial charge in [-0.1, -0.05) is 13.3 Å². The van der Waals surface area contributed by atoms with Gasteiger partial charge in [0.1, 0.15) is 0 Å². The summed E-state index contributed by atoms with van der Waals surface area (Å²) < 4.78 is 0. The van der Waals surface area contributed by atoms with E-state index in [1.54, 1.807) is 0 Å². The molecule has 4 N–H and O–H groups in total. The first kappa shape index (κ1) is 8.18. The molecule has 0 radical (unpaired) electrons. The van der Waals surface area contributed by atoms with Gasteiger partial charge in [0.25, 0.3) is 0 Å². The molecule has 0 saturated carbocycles. The number of nitrogens with two attached hydrogens (primary N) is 2. The third-order valence-corrected chi connectivity index (χ3v) is 1.97. The van der Waals surface area contributed by atoms with Crippen LogP contribution < -0.4 is 11.5 Å². The van der Waals surface area contributed by atoms with E-state index in [0.29, 0.717) is 0 Å². The third-order valence-electron chi connectivity index (χ3n) is 1.97. The van der Waals surface area contributed by atoms with Gasteiger partial charge in [-0.15, -0.1) is 0 Å². The highest BCUT2D eigenvalue weighted by Crippen LogP contribution is 2.20. The molecule has 0 unspecified atom stereocenters. The molecule has 0 heterocycles. The van der Waals surface area contributed by atoms with Gasteiger partial charge in [-0.2, -0.15) is 0 Å². The summed E-state index contributed by atoms with van der Waals surface area (Å²) in [7, 11) is 0. The van der Waals surface area contributed by atoms with E-state index < -0.39 is 0 Å². The van der Waals surface area contributed by atoms with Crippen molar-refractivity contribution in [2.75, 3.05) is 0 Å². The Morgan fingerprint density at radius 3 is 2.73 bits per heavy atom. The van der Waals surface area contributed by atoms with Crippen molar-refractivity contribution in [3.63, 3.8) is 0 Å². The van der Waals surface area contributed by atoms with Gasteiger partial charge < -0.3 is 11.5 Å². The van der Waals surface area contributed by atoms with E-state index in [1.807, 2.05) is 6.08 Å². The minimum absolute atomic E-state index is 0.930. The van der Waals surface area contributed by atoms with E-state index in [2.05, 4.69) is 6.92 Å². The van der Waals surface area contributed by atoms with Crippen LogP contribution >= 0.6 is 0 Å². The molecule has 0 aromatic carbocycles. The van der Waals surface area contributed by atoms with Gasteiger partial charge in [-0.05, 0) is 30.9 Å². The lowest BCUT2D eigenvalue weighted by Gasteiger charge is -2.14. The first-order chi connectivity index (χ1) is 5.24. The van der Waals surface area contributed by atoms with Crippen LogP contribution in [0.3, 0.4) is 0 Å². The van der Waals surface area contributed by atoms with Gasteiger partial charge in [-0.3, -0.25) is 0 Å². The molecule has 1 aliphatic rings. The van der Waals surface area contributed by atoms with Gasteiger partial charge in [0, 0.05) is 11.4 Å². The van der Waals surface area contributed by atoms with E-state index in [-0.39, 0.29) is 0 Å². The lowest BCUT2D eigenvalue weighted by atomic mass is 9.98. The van der Waals surface area contributed by atoms with E-state index in [1.165, 1.54) is 5.57 Å². The zero-order valence-corrected chi connectivity index (χ0v) is 7.06. The highest BCUT2D eigenvalue weighted by molar-refractivity contribution is 5.30. The van der Waals surface area contributed by atoms with Gasteiger partial charge in [0.2, 0.25) is 0 Å². The molecule has 1 rings (SSSR count). The monoisotopic (exact) mass is 152 g/mol. The smallest absolute Gasteiger partial charge is 0.0117 e. The van der Waals surface area contributed by atoms with Crippen LogP contribution in [-0.2, 0) is 0 Å². The molecule has 0 aromatic heterocycles. The van der Waals surface area contributed by atoms with E-state index in [4.69, 9.17) is 11.5 Å². The Bertz CT molecular complexity index is 202. The normalized spacial score (nSPS) is 18.5. The van der Waals surface area contributed by atoms with E-state index in [9.17, 15) is 0 Å². The molecule has 0 fully saturated rings. The van der Waals surface area contributed by atoms with Crippen LogP contribution in [0, 0.1) is 0 Å². The second-order valence-corrected chi connectivity index (χ2v) is 3.02. The van der Waals surface area contributed by atoms with Gasteiger partial charge in [0.15, 0.2) is 0 Å². The van der Waals surface area contributed by atoms with Crippen LogP contribution in [0.4, 0.5) is 0 Å². The van der Waals surface area contributed by atoms with Crippen LogP contribution in [-0.4, -0.2) is 0 Å². The summed E-state index contributed by atoms with van der Waals surface area (Å²) in [6, 6.07) is 0. The number of rotatable bonds is 2. The molecule has 2 nitrogen and oxygen atoms in total. The van der Waals surface area contributed by atoms with E-state index >= 15 is 0 Å². The maximum Gasteiger partial charge on any atom is 0.0117 e. The summed E-state index contributed by atoms with van der Waals surface area (Å²) in [5.41, 5.74) is 14.7. The van der Waals surface area contributed by atoms with Crippen LogP contribution in [0.25, 0.3) is 0 Å². The molecular weight excluding hydrogens is 136 g/mol. The van der Waals surface area contributed by atoms with Crippen LogP contribution in [0.15, 0.2) is 23.0 Å². The van der Waals surface area contributed by atoms with Crippen molar-refractivity contribution < 1.29 is 0 Å². The molecule has 62 valence electrons. The molecule has 0 bridgehead atoms. The van der Waals surface area contributed by atoms with Crippen LogP contribution in [0.2, 0.25) is 0 Å². The molecule has 0 spiro atoms. The third kappa shape index (κ3) is 2.00. The number of hydrogen-bond acceptors (Lipinski definition) is 2. The van der Waals surface area contributed by atoms with Crippen LogP contribution in [0.1, 0.15) is 32.6 Å². The average Bonchev–Trinajstić information content (AvgIpc) is 1.98.